The summed E-state index contributed by atoms with van der Waals surface area (Å²) in [4.78, 5) is 12.5. The van der Waals surface area contributed by atoms with Crippen LogP contribution in [0.1, 0.15) is 6.42 Å². The van der Waals surface area contributed by atoms with Gasteiger partial charge in [0.2, 0.25) is 6.41 Å². The number of carbonyl (C=O) groups is 1. The van der Waals surface area contributed by atoms with Gasteiger partial charge in [-0.05, 0) is 25.1 Å². The molecule has 0 unspecified atom stereocenters. The minimum atomic E-state index is 0.594. The summed E-state index contributed by atoms with van der Waals surface area (Å²) in [6, 6.07) is 0. The molecule has 0 aliphatic heterocycles. The molecule has 1 aliphatic carbocycles. The lowest BCUT2D eigenvalue weighted by molar-refractivity contribution is -0.116. The van der Waals surface area contributed by atoms with E-state index in [2.05, 4.69) is 0 Å². The zero-order valence-corrected chi connectivity index (χ0v) is 8.67. The van der Waals surface area contributed by atoms with Crippen LogP contribution in [-0.2, 0) is 4.79 Å². The van der Waals surface area contributed by atoms with Gasteiger partial charge < -0.3 is 10.6 Å². The fourth-order valence-electron chi connectivity index (χ4n) is 1.25. The molecule has 15 heavy (non-hydrogen) atoms. The van der Waals surface area contributed by atoms with Crippen LogP contribution < -0.4 is 5.73 Å². The molecular formula is C12H16N2O. The van der Waals surface area contributed by atoms with Crippen LogP contribution in [0.3, 0.4) is 0 Å². The van der Waals surface area contributed by atoms with Gasteiger partial charge in [-0.2, -0.15) is 0 Å². The molecule has 0 bridgehead atoms. The molecule has 0 aromatic heterocycles. The Hall–Kier alpha value is -1.61. The molecule has 1 aliphatic rings. The number of nitrogens with zero attached hydrogens (tertiary/aromatic N) is 1. The number of rotatable bonds is 5. The molecule has 1 amide bonds. The largest absolute Gasteiger partial charge is 0.330 e. The van der Waals surface area contributed by atoms with E-state index in [0.717, 1.165) is 18.5 Å². The lowest BCUT2D eigenvalue weighted by Gasteiger charge is -2.17. The Balaban J connectivity index is 2.69. The summed E-state index contributed by atoms with van der Waals surface area (Å²) in [5.41, 5.74) is 6.30. The van der Waals surface area contributed by atoms with Crippen molar-refractivity contribution in [2.45, 2.75) is 6.42 Å². The Morgan fingerprint density at radius 3 is 2.67 bits per heavy atom. The highest BCUT2D eigenvalue weighted by molar-refractivity contribution is 5.53. The van der Waals surface area contributed by atoms with E-state index in [1.54, 1.807) is 4.90 Å². The summed E-state index contributed by atoms with van der Waals surface area (Å²) in [5, 5.41) is 0. The lowest BCUT2D eigenvalue weighted by atomic mass is 10.2. The van der Waals surface area contributed by atoms with E-state index in [4.69, 9.17) is 5.73 Å². The highest BCUT2D eigenvalue weighted by Crippen LogP contribution is 2.07. The first-order valence-corrected chi connectivity index (χ1v) is 5.02. The van der Waals surface area contributed by atoms with Crippen molar-refractivity contribution in [1.29, 1.82) is 0 Å². The highest BCUT2D eigenvalue weighted by Gasteiger charge is 2.03. The van der Waals surface area contributed by atoms with Crippen LogP contribution in [0.2, 0.25) is 0 Å². The van der Waals surface area contributed by atoms with Crippen LogP contribution in [-0.4, -0.2) is 24.4 Å². The molecule has 0 aromatic rings. The number of hydrogen-bond donors (Lipinski definition) is 1. The lowest BCUT2D eigenvalue weighted by Crippen LogP contribution is -2.23. The van der Waals surface area contributed by atoms with Gasteiger partial charge in [0, 0.05) is 12.2 Å². The molecule has 3 heteroatoms. The number of carbonyl (C=O) groups excluding carboxylic acids is 1. The second-order valence-electron chi connectivity index (χ2n) is 3.16. The van der Waals surface area contributed by atoms with E-state index in [1.807, 2.05) is 42.5 Å². The normalized spacial score (nSPS) is 24.2. The second-order valence-corrected chi connectivity index (χ2v) is 3.16. The Kier molecular flexibility index (Phi) is 5.19. The molecule has 0 heterocycles. The van der Waals surface area contributed by atoms with Crippen LogP contribution in [0.15, 0.2) is 48.2 Å². The van der Waals surface area contributed by atoms with Crippen molar-refractivity contribution in [3.63, 3.8) is 0 Å². The molecule has 0 radical (unpaired) electrons. The van der Waals surface area contributed by atoms with Crippen molar-refractivity contribution >= 4 is 6.41 Å². The quantitative estimate of drug-likeness (QED) is 0.687. The van der Waals surface area contributed by atoms with Crippen LogP contribution in [0, 0.1) is 0 Å². The zero-order chi connectivity index (χ0) is 10.9. The molecule has 1 rings (SSSR count). The monoisotopic (exact) mass is 204 g/mol. The zero-order valence-electron chi connectivity index (χ0n) is 8.67. The second kappa shape index (κ2) is 6.79. The first-order chi connectivity index (χ1) is 7.38. The maximum Gasteiger partial charge on any atom is 0.214 e. The summed E-state index contributed by atoms with van der Waals surface area (Å²) < 4.78 is 0. The fraction of sp³-hybridized carbons (Fsp3) is 0.250. The van der Waals surface area contributed by atoms with E-state index in [9.17, 15) is 4.79 Å². The molecular weight excluding hydrogens is 188 g/mol. The molecule has 0 atom stereocenters. The average molecular weight is 204 g/mol. The summed E-state index contributed by atoms with van der Waals surface area (Å²) in [7, 11) is 0. The molecule has 0 fully saturated rings. The topological polar surface area (TPSA) is 46.3 Å². The number of hydrogen-bond acceptors (Lipinski definition) is 2. The highest BCUT2D eigenvalue weighted by atomic mass is 16.1. The molecule has 0 aromatic carbocycles. The van der Waals surface area contributed by atoms with Crippen LogP contribution in [0.5, 0.6) is 0 Å². The number of allylic oxidation sites excluding steroid dienone is 7. The number of nitrogens with two attached hydrogens (primary N) is 1. The van der Waals surface area contributed by atoms with Gasteiger partial charge in [-0.3, -0.25) is 4.79 Å². The standard InChI is InChI=1S/C12H16N2O/c13-9-6-10-14(11-15)12-7-4-2-1-3-5-8-12/h1-5,7-8,11H,6,9-10,13H2/b2-1-,3-1?,4-2?,5-3-,7-4-,8-5?,12-7?,12-8+. The first-order valence-electron chi connectivity index (χ1n) is 5.02. The third kappa shape index (κ3) is 3.95. The van der Waals surface area contributed by atoms with E-state index in [-0.39, 0.29) is 0 Å². The summed E-state index contributed by atoms with van der Waals surface area (Å²) in [6.07, 6.45) is 15.1. The predicted octanol–water partition coefficient (Wildman–Crippen LogP) is 1.36. The van der Waals surface area contributed by atoms with E-state index in [0.29, 0.717) is 13.1 Å². The van der Waals surface area contributed by atoms with Crippen molar-refractivity contribution < 1.29 is 4.79 Å². The first kappa shape index (κ1) is 11.5. The van der Waals surface area contributed by atoms with Crippen molar-refractivity contribution in [3.8, 4) is 0 Å². The van der Waals surface area contributed by atoms with Gasteiger partial charge in [0.25, 0.3) is 0 Å². The maximum absolute atomic E-state index is 10.9. The smallest absolute Gasteiger partial charge is 0.214 e. The predicted molar refractivity (Wildman–Crippen MR) is 61.9 cm³/mol. The third-order valence-corrected chi connectivity index (χ3v) is 2.04. The summed E-state index contributed by atoms with van der Waals surface area (Å²) >= 11 is 0. The Labute approximate surface area is 90.3 Å². The van der Waals surface area contributed by atoms with Gasteiger partial charge in [-0.1, -0.05) is 30.4 Å². The molecule has 3 nitrogen and oxygen atoms in total. The molecule has 0 saturated carbocycles. The Morgan fingerprint density at radius 1 is 1.20 bits per heavy atom. The summed E-state index contributed by atoms with van der Waals surface area (Å²) in [5.74, 6) is 0. The van der Waals surface area contributed by atoms with Gasteiger partial charge in [-0.15, -0.1) is 0 Å². The Bertz CT molecular complexity index is 314. The molecule has 0 saturated heterocycles. The van der Waals surface area contributed by atoms with Gasteiger partial charge in [0.15, 0.2) is 0 Å². The fourth-order valence-corrected chi connectivity index (χ4v) is 1.25. The van der Waals surface area contributed by atoms with Gasteiger partial charge >= 0.3 is 0 Å². The number of amides is 1. The molecule has 80 valence electrons. The van der Waals surface area contributed by atoms with E-state index >= 15 is 0 Å². The van der Waals surface area contributed by atoms with Gasteiger partial charge in [0.05, 0.1) is 0 Å². The average Bonchev–Trinajstić information content (AvgIpc) is 2.21. The minimum Gasteiger partial charge on any atom is -0.330 e. The third-order valence-electron chi connectivity index (χ3n) is 2.04. The molecule has 0 spiro atoms. The van der Waals surface area contributed by atoms with Crippen LogP contribution in [0.25, 0.3) is 0 Å². The maximum atomic E-state index is 10.9. The van der Waals surface area contributed by atoms with Crippen molar-refractivity contribution in [2.24, 2.45) is 5.73 Å². The molecule has 2 N–H and O–H groups in total. The van der Waals surface area contributed by atoms with E-state index in [1.165, 1.54) is 0 Å². The van der Waals surface area contributed by atoms with Crippen LogP contribution >= 0.6 is 0 Å². The van der Waals surface area contributed by atoms with Crippen molar-refractivity contribution in [2.75, 3.05) is 13.1 Å². The summed E-state index contributed by atoms with van der Waals surface area (Å²) in [6.45, 7) is 1.25. The van der Waals surface area contributed by atoms with Gasteiger partial charge in [-0.25, -0.2) is 0 Å². The Morgan fingerprint density at radius 2 is 1.93 bits per heavy atom. The van der Waals surface area contributed by atoms with Crippen LogP contribution in [0.4, 0.5) is 0 Å². The van der Waals surface area contributed by atoms with Gasteiger partial charge in [0.1, 0.15) is 0 Å². The SMILES string of the molecule is NCCCN(C=O)C1=C/C=C\C=C/C=C\1. The van der Waals surface area contributed by atoms with Crippen molar-refractivity contribution in [1.82, 2.24) is 4.90 Å². The minimum absolute atomic E-state index is 0.594. The van der Waals surface area contributed by atoms with E-state index < -0.39 is 0 Å². The van der Waals surface area contributed by atoms with Crippen molar-refractivity contribution in [3.05, 3.63) is 48.2 Å².